The van der Waals surface area contributed by atoms with Gasteiger partial charge in [-0.3, -0.25) is 0 Å². The molecule has 0 spiro atoms. The van der Waals surface area contributed by atoms with E-state index in [1.807, 2.05) is 0 Å². The number of benzene rings is 1. The molecule has 3 rings (SSSR count). The molecule has 0 aliphatic heterocycles. The highest BCUT2D eigenvalue weighted by atomic mass is 14.9. The fourth-order valence-corrected chi connectivity index (χ4v) is 4.85. The van der Waals surface area contributed by atoms with E-state index in [4.69, 9.17) is 0 Å². The second-order valence-electron chi connectivity index (χ2n) is 9.33. The van der Waals surface area contributed by atoms with Crippen LogP contribution in [-0.2, 0) is 17.9 Å². The summed E-state index contributed by atoms with van der Waals surface area (Å²) < 4.78 is 2.34. The van der Waals surface area contributed by atoms with Gasteiger partial charge in [0.05, 0.1) is 0 Å². The molecule has 0 radical (unpaired) electrons. The Hall–Kier alpha value is -1.63. The first-order valence-electron chi connectivity index (χ1n) is 10.9. The summed E-state index contributed by atoms with van der Waals surface area (Å²) >= 11 is 0. The van der Waals surface area contributed by atoms with E-state index in [1.165, 1.54) is 72.9 Å². The number of aryl methyl sites for hydroxylation is 2. The van der Waals surface area contributed by atoms with Gasteiger partial charge in [-0.2, -0.15) is 0 Å². The predicted octanol–water partition coefficient (Wildman–Crippen LogP) is 6.79. The lowest BCUT2D eigenvalue weighted by Crippen LogP contribution is -2.35. The van der Waals surface area contributed by atoms with Crippen LogP contribution >= 0.6 is 0 Å². The minimum atomic E-state index is 0.283. The SMILES string of the molecule is CCC(C)(CC)c1ccc(-c2ccc(C3(C)CCCCC3)c[n+]2C)c(C)c1. The largest absolute Gasteiger partial charge is 0.212 e. The van der Waals surface area contributed by atoms with Crippen molar-refractivity contribution in [1.82, 2.24) is 0 Å². The Morgan fingerprint density at radius 1 is 1.00 bits per heavy atom. The maximum absolute atomic E-state index is 2.46. The zero-order valence-corrected chi connectivity index (χ0v) is 18.4. The molecule has 1 aliphatic carbocycles. The minimum absolute atomic E-state index is 0.283. The number of rotatable bonds is 5. The Balaban J connectivity index is 1.95. The Morgan fingerprint density at radius 2 is 1.67 bits per heavy atom. The van der Waals surface area contributed by atoms with Gasteiger partial charge in [0, 0.05) is 17.2 Å². The van der Waals surface area contributed by atoms with Crippen LogP contribution in [0.5, 0.6) is 0 Å². The van der Waals surface area contributed by atoms with Gasteiger partial charge in [-0.25, -0.2) is 4.57 Å². The normalized spacial score (nSPS) is 17.1. The Morgan fingerprint density at radius 3 is 2.22 bits per heavy atom. The Bertz CT molecular complexity index is 792. The molecule has 0 amide bonds. The summed E-state index contributed by atoms with van der Waals surface area (Å²) in [6.07, 6.45) is 11.5. The summed E-state index contributed by atoms with van der Waals surface area (Å²) in [6.45, 7) is 11.7. The van der Waals surface area contributed by atoms with Crippen LogP contribution in [0.25, 0.3) is 11.3 Å². The summed E-state index contributed by atoms with van der Waals surface area (Å²) in [5, 5.41) is 0. The lowest BCUT2D eigenvalue weighted by atomic mass is 9.71. The van der Waals surface area contributed by atoms with Crippen molar-refractivity contribution in [2.24, 2.45) is 7.05 Å². The highest BCUT2D eigenvalue weighted by molar-refractivity contribution is 5.62. The maximum Gasteiger partial charge on any atom is 0.212 e. The monoisotopic (exact) mass is 364 g/mol. The van der Waals surface area contributed by atoms with Crippen molar-refractivity contribution in [3.63, 3.8) is 0 Å². The van der Waals surface area contributed by atoms with Crippen molar-refractivity contribution in [3.8, 4) is 11.3 Å². The Kier molecular flexibility index (Phi) is 5.79. The number of hydrogen-bond donors (Lipinski definition) is 0. The van der Waals surface area contributed by atoms with Crippen LogP contribution in [0.2, 0.25) is 0 Å². The van der Waals surface area contributed by atoms with Crippen molar-refractivity contribution in [1.29, 1.82) is 0 Å². The van der Waals surface area contributed by atoms with Crippen LogP contribution in [0.4, 0.5) is 0 Å². The van der Waals surface area contributed by atoms with Crippen LogP contribution in [0.3, 0.4) is 0 Å². The molecule has 27 heavy (non-hydrogen) atoms. The standard InChI is InChI=1S/C26H38N/c1-7-25(4,8-2)21-12-14-23(20(3)18-21)24-15-13-22(19-27(24)6)26(5)16-10-9-11-17-26/h12-15,18-19H,7-11,16-17H2,1-6H3/q+1. The minimum Gasteiger partial charge on any atom is -0.201 e. The lowest BCUT2D eigenvalue weighted by Gasteiger charge is -2.33. The van der Waals surface area contributed by atoms with Crippen LogP contribution in [-0.4, -0.2) is 0 Å². The first-order valence-corrected chi connectivity index (χ1v) is 10.9. The number of hydrogen-bond acceptors (Lipinski definition) is 0. The third-order valence-corrected chi connectivity index (χ3v) is 7.55. The van der Waals surface area contributed by atoms with Crippen molar-refractivity contribution in [2.45, 2.75) is 90.4 Å². The summed E-state index contributed by atoms with van der Waals surface area (Å²) in [6, 6.07) is 11.8. The van der Waals surface area contributed by atoms with E-state index in [2.05, 4.69) is 82.8 Å². The van der Waals surface area contributed by atoms with Crippen molar-refractivity contribution in [2.75, 3.05) is 0 Å². The molecular formula is C26H38N+. The molecule has 1 heteroatoms. The second kappa shape index (κ2) is 7.78. The second-order valence-corrected chi connectivity index (χ2v) is 9.33. The molecule has 1 aromatic carbocycles. The molecule has 0 atom stereocenters. The van der Waals surface area contributed by atoms with E-state index in [9.17, 15) is 0 Å². The molecule has 1 nitrogen and oxygen atoms in total. The number of nitrogens with zero attached hydrogens (tertiary/aromatic N) is 1. The van der Waals surface area contributed by atoms with E-state index in [-0.39, 0.29) is 5.41 Å². The van der Waals surface area contributed by atoms with Gasteiger partial charge < -0.3 is 0 Å². The molecule has 1 saturated carbocycles. The molecule has 0 unspecified atom stereocenters. The summed E-state index contributed by atoms with van der Waals surface area (Å²) in [7, 11) is 2.21. The molecule has 1 heterocycles. The van der Waals surface area contributed by atoms with Crippen LogP contribution in [0.15, 0.2) is 36.5 Å². The van der Waals surface area contributed by atoms with Crippen molar-refractivity contribution >= 4 is 0 Å². The topological polar surface area (TPSA) is 3.88 Å². The van der Waals surface area contributed by atoms with E-state index in [0.29, 0.717) is 5.41 Å². The number of aromatic nitrogens is 1. The summed E-state index contributed by atoms with van der Waals surface area (Å²) in [5.74, 6) is 0. The molecule has 0 saturated heterocycles. The third kappa shape index (κ3) is 3.84. The Labute approximate surface area is 166 Å². The zero-order valence-electron chi connectivity index (χ0n) is 18.4. The maximum atomic E-state index is 2.46. The van der Waals surface area contributed by atoms with Gasteiger partial charge in [0.2, 0.25) is 5.69 Å². The van der Waals surface area contributed by atoms with Crippen LogP contribution < -0.4 is 4.57 Å². The van der Waals surface area contributed by atoms with E-state index in [1.54, 1.807) is 0 Å². The third-order valence-electron chi connectivity index (χ3n) is 7.55. The van der Waals surface area contributed by atoms with Gasteiger partial charge in [-0.1, -0.05) is 59.1 Å². The van der Waals surface area contributed by atoms with Crippen molar-refractivity contribution in [3.05, 3.63) is 53.2 Å². The molecular weight excluding hydrogens is 326 g/mol. The molecule has 1 aliphatic rings. The van der Waals surface area contributed by atoms with Gasteiger partial charge in [0.1, 0.15) is 7.05 Å². The molecule has 1 fully saturated rings. The average molecular weight is 365 g/mol. The average Bonchev–Trinajstić information content (AvgIpc) is 2.68. The lowest BCUT2D eigenvalue weighted by molar-refractivity contribution is -0.661. The molecule has 2 aromatic rings. The highest BCUT2D eigenvalue weighted by Crippen LogP contribution is 2.39. The van der Waals surface area contributed by atoms with Crippen LogP contribution in [0.1, 0.15) is 89.3 Å². The van der Waals surface area contributed by atoms with E-state index >= 15 is 0 Å². The van der Waals surface area contributed by atoms with E-state index in [0.717, 1.165) is 0 Å². The smallest absolute Gasteiger partial charge is 0.201 e. The molecule has 0 bridgehead atoms. The van der Waals surface area contributed by atoms with E-state index < -0.39 is 0 Å². The van der Waals surface area contributed by atoms with Gasteiger partial charge in [0.15, 0.2) is 6.20 Å². The highest BCUT2D eigenvalue weighted by Gasteiger charge is 2.31. The predicted molar refractivity (Wildman–Crippen MR) is 116 cm³/mol. The molecule has 1 aromatic heterocycles. The molecule has 146 valence electrons. The van der Waals surface area contributed by atoms with Gasteiger partial charge in [-0.05, 0) is 66.7 Å². The van der Waals surface area contributed by atoms with Gasteiger partial charge >= 0.3 is 0 Å². The fraction of sp³-hybridized carbons (Fsp3) is 0.577. The summed E-state index contributed by atoms with van der Waals surface area (Å²) in [4.78, 5) is 0. The number of pyridine rings is 1. The zero-order chi connectivity index (χ0) is 19.7. The summed E-state index contributed by atoms with van der Waals surface area (Å²) in [5.41, 5.74) is 7.68. The first kappa shape index (κ1) is 20.1. The fourth-order valence-electron chi connectivity index (χ4n) is 4.85. The quantitative estimate of drug-likeness (QED) is 0.514. The molecule has 0 N–H and O–H groups in total. The van der Waals surface area contributed by atoms with Gasteiger partial charge in [0.25, 0.3) is 0 Å². The van der Waals surface area contributed by atoms with Crippen molar-refractivity contribution < 1.29 is 4.57 Å². The first-order chi connectivity index (χ1) is 12.8. The van der Waals surface area contributed by atoms with Crippen LogP contribution in [0, 0.1) is 6.92 Å². The van der Waals surface area contributed by atoms with Gasteiger partial charge in [-0.15, -0.1) is 0 Å².